The summed E-state index contributed by atoms with van der Waals surface area (Å²) in [5.41, 5.74) is 6.88. The molecule has 0 fully saturated rings. The van der Waals surface area contributed by atoms with Gasteiger partial charge in [0, 0.05) is 13.2 Å². The van der Waals surface area contributed by atoms with Crippen LogP contribution in [-0.2, 0) is 7.05 Å². The van der Waals surface area contributed by atoms with Crippen molar-refractivity contribution >= 4 is 16.9 Å². The lowest BCUT2D eigenvalue weighted by molar-refractivity contribution is 0.506. The standard InChI is InChI=1S/C7H7FN4/c1-12-6-5(11-7(12)8)4(9)2-3-10-6/h2-3H,1H3,(H2,9,10). The number of nitrogens with zero attached hydrogens (tertiary/aromatic N) is 3. The average molecular weight is 166 g/mol. The minimum atomic E-state index is -0.574. The maximum absolute atomic E-state index is 12.9. The summed E-state index contributed by atoms with van der Waals surface area (Å²) in [7, 11) is 1.55. The predicted molar refractivity (Wildman–Crippen MR) is 42.9 cm³/mol. The van der Waals surface area contributed by atoms with E-state index >= 15 is 0 Å². The van der Waals surface area contributed by atoms with Crippen LogP contribution < -0.4 is 5.73 Å². The van der Waals surface area contributed by atoms with Crippen molar-refractivity contribution in [3.63, 3.8) is 0 Å². The Bertz CT molecular complexity index is 434. The van der Waals surface area contributed by atoms with Gasteiger partial charge in [0.2, 0.25) is 0 Å². The number of hydrogen-bond donors (Lipinski definition) is 1. The van der Waals surface area contributed by atoms with Gasteiger partial charge in [0.15, 0.2) is 5.65 Å². The van der Waals surface area contributed by atoms with Crippen molar-refractivity contribution in [2.24, 2.45) is 7.05 Å². The van der Waals surface area contributed by atoms with Gasteiger partial charge in [-0.25, -0.2) is 4.98 Å². The minimum Gasteiger partial charge on any atom is -0.397 e. The number of nitrogens with two attached hydrogens (primary N) is 1. The zero-order chi connectivity index (χ0) is 8.72. The summed E-state index contributed by atoms with van der Waals surface area (Å²) in [4.78, 5) is 7.56. The average Bonchev–Trinajstić information content (AvgIpc) is 2.32. The Morgan fingerprint density at radius 1 is 1.58 bits per heavy atom. The molecule has 4 nitrogen and oxygen atoms in total. The Morgan fingerprint density at radius 2 is 2.33 bits per heavy atom. The molecule has 0 aliphatic heterocycles. The monoisotopic (exact) mass is 166 g/mol. The number of rotatable bonds is 0. The van der Waals surface area contributed by atoms with Crippen LogP contribution in [0, 0.1) is 6.08 Å². The number of hydrogen-bond acceptors (Lipinski definition) is 3. The molecule has 0 aromatic carbocycles. The lowest BCUT2D eigenvalue weighted by atomic mass is 10.4. The molecule has 0 spiro atoms. The zero-order valence-electron chi connectivity index (χ0n) is 6.45. The molecule has 0 bridgehead atoms. The van der Waals surface area contributed by atoms with Crippen LogP contribution in [0.15, 0.2) is 12.3 Å². The molecule has 0 aliphatic rings. The van der Waals surface area contributed by atoms with Gasteiger partial charge < -0.3 is 5.73 Å². The quantitative estimate of drug-likeness (QED) is 0.626. The highest BCUT2D eigenvalue weighted by molar-refractivity contribution is 5.83. The Balaban J connectivity index is 2.95. The fraction of sp³-hybridized carbons (Fsp3) is 0.143. The molecule has 5 heteroatoms. The second kappa shape index (κ2) is 2.17. The van der Waals surface area contributed by atoms with Crippen LogP contribution in [0.5, 0.6) is 0 Å². The first-order valence-electron chi connectivity index (χ1n) is 3.42. The Kier molecular flexibility index (Phi) is 1.27. The maximum atomic E-state index is 12.9. The number of aromatic nitrogens is 3. The molecule has 62 valence electrons. The van der Waals surface area contributed by atoms with E-state index < -0.39 is 6.08 Å². The molecule has 2 N–H and O–H groups in total. The first kappa shape index (κ1) is 7.02. The number of anilines is 1. The van der Waals surface area contributed by atoms with E-state index in [2.05, 4.69) is 9.97 Å². The van der Waals surface area contributed by atoms with E-state index in [-0.39, 0.29) is 0 Å². The van der Waals surface area contributed by atoms with Crippen molar-refractivity contribution in [2.45, 2.75) is 0 Å². The number of halogens is 1. The Morgan fingerprint density at radius 3 is 3.00 bits per heavy atom. The number of imidazole rings is 1. The van der Waals surface area contributed by atoms with E-state index in [0.29, 0.717) is 16.9 Å². The smallest absolute Gasteiger partial charge is 0.291 e. The van der Waals surface area contributed by atoms with Gasteiger partial charge in [-0.3, -0.25) is 4.57 Å². The Labute approximate surface area is 67.8 Å². The van der Waals surface area contributed by atoms with Gasteiger partial charge in [-0.2, -0.15) is 9.37 Å². The van der Waals surface area contributed by atoms with Crippen molar-refractivity contribution in [3.05, 3.63) is 18.3 Å². The van der Waals surface area contributed by atoms with Gasteiger partial charge in [0.1, 0.15) is 5.52 Å². The largest absolute Gasteiger partial charge is 0.397 e. The molecule has 0 saturated heterocycles. The SMILES string of the molecule is Cn1c(F)nc2c(N)ccnc21. The molecule has 0 radical (unpaired) electrons. The molecule has 0 unspecified atom stereocenters. The molecule has 0 atom stereocenters. The van der Waals surface area contributed by atoms with Crippen molar-refractivity contribution in [1.29, 1.82) is 0 Å². The third-order valence-corrected chi connectivity index (χ3v) is 1.73. The summed E-state index contributed by atoms with van der Waals surface area (Å²) in [5, 5.41) is 0. The van der Waals surface area contributed by atoms with E-state index in [1.54, 1.807) is 13.1 Å². The minimum absolute atomic E-state index is 0.414. The second-order valence-electron chi connectivity index (χ2n) is 2.51. The highest BCUT2D eigenvalue weighted by atomic mass is 19.1. The van der Waals surface area contributed by atoms with E-state index in [0.717, 1.165) is 0 Å². The van der Waals surface area contributed by atoms with E-state index in [9.17, 15) is 4.39 Å². The molecule has 2 heterocycles. The van der Waals surface area contributed by atoms with E-state index in [4.69, 9.17) is 5.73 Å². The summed E-state index contributed by atoms with van der Waals surface area (Å²) in [5.74, 6) is 0. The van der Waals surface area contributed by atoms with Gasteiger partial charge >= 0.3 is 0 Å². The van der Waals surface area contributed by atoms with Gasteiger partial charge in [0.05, 0.1) is 5.69 Å². The fourth-order valence-electron chi connectivity index (χ4n) is 1.07. The van der Waals surface area contributed by atoms with Crippen molar-refractivity contribution in [2.75, 3.05) is 5.73 Å². The number of fused-ring (bicyclic) bond motifs is 1. The zero-order valence-corrected chi connectivity index (χ0v) is 6.45. The van der Waals surface area contributed by atoms with Gasteiger partial charge in [0.25, 0.3) is 6.08 Å². The van der Waals surface area contributed by atoms with Crippen molar-refractivity contribution in [1.82, 2.24) is 14.5 Å². The molecular formula is C7H7FN4. The highest BCUT2D eigenvalue weighted by Gasteiger charge is 2.09. The van der Waals surface area contributed by atoms with Crippen molar-refractivity contribution < 1.29 is 4.39 Å². The van der Waals surface area contributed by atoms with Gasteiger partial charge in [-0.05, 0) is 6.07 Å². The van der Waals surface area contributed by atoms with Crippen molar-refractivity contribution in [3.8, 4) is 0 Å². The van der Waals surface area contributed by atoms with E-state index in [1.807, 2.05) is 0 Å². The van der Waals surface area contributed by atoms with Crippen LogP contribution in [-0.4, -0.2) is 14.5 Å². The first-order chi connectivity index (χ1) is 5.70. The van der Waals surface area contributed by atoms with Crippen LogP contribution in [0.25, 0.3) is 11.2 Å². The van der Waals surface area contributed by atoms with Crippen LogP contribution in [0.1, 0.15) is 0 Å². The molecule has 2 aromatic rings. The number of nitrogen functional groups attached to an aromatic ring is 1. The molecular weight excluding hydrogens is 159 g/mol. The molecule has 2 aromatic heterocycles. The van der Waals surface area contributed by atoms with Gasteiger partial charge in [-0.1, -0.05) is 0 Å². The van der Waals surface area contributed by atoms with E-state index in [1.165, 1.54) is 10.8 Å². The predicted octanol–water partition coefficient (Wildman–Crippen LogP) is 0.690. The highest BCUT2D eigenvalue weighted by Crippen LogP contribution is 2.16. The molecule has 0 amide bonds. The van der Waals surface area contributed by atoms with Gasteiger partial charge in [-0.15, -0.1) is 0 Å². The fourth-order valence-corrected chi connectivity index (χ4v) is 1.07. The van der Waals surface area contributed by atoms with Crippen LogP contribution >= 0.6 is 0 Å². The molecule has 2 rings (SSSR count). The van der Waals surface area contributed by atoms with Crippen LogP contribution in [0.2, 0.25) is 0 Å². The third kappa shape index (κ3) is 0.761. The summed E-state index contributed by atoms with van der Waals surface area (Å²) < 4.78 is 14.1. The molecule has 0 aliphatic carbocycles. The number of aryl methyl sites for hydroxylation is 1. The lowest BCUT2D eigenvalue weighted by Gasteiger charge is -1.93. The summed E-state index contributed by atoms with van der Waals surface area (Å²) in [6.07, 6.45) is 0.953. The summed E-state index contributed by atoms with van der Waals surface area (Å²) in [6, 6.07) is 1.59. The molecule has 12 heavy (non-hydrogen) atoms. The normalized spacial score (nSPS) is 10.8. The topological polar surface area (TPSA) is 56.7 Å². The second-order valence-corrected chi connectivity index (χ2v) is 2.51. The first-order valence-corrected chi connectivity index (χ1v) is 3.42. The Hall–Kier alpha value is -1.65. The third-order valence-electron chi connectivity index (χ3n) is 1.73. The van der Waals surface area contributed by atoms with Crippen LogP contribution in [0.4, 0.5) is 10.1 Å². The summed E-state index contributed by atoms with van der Waals surface area (Å²) in [6.45, 7) is 0. The maximum Gasteiger partial charge on any atom is 0.291 e. The van der Waals surface area contributed by atoms with Crippen LogP contribution in [0.3, 0.4) is 0 Å². The lowest BCUT2D eigenvalue weighted by Crippen LogP contribution is -1.93. The summed E-state index contributed by atoms with van der Waals surface area (Å²) >= 11 is 0. The molecule has 0 saturated carbocycles. The number of pyridine rings is 1.